The van der Waals surface area contributed by atoms with Crippen LogP contribution in [-0.4, -0.2) is 20.9 Å². The molecule has 0 radical (unpaired) electrons. The summed E-state index contributed by atoms with van der Waals surface area (Å²) in [6, 6.07) is 0. The molecule has 5 nitrogen and oxygen atoms in total. The van der Waals surface area contributed by atoms with Crippen LogP contribution in [-0.2, 0) is 11.3 Å². The first-order chi connectivity index (χ1) is 9.06. The van der Waals surface area contributed by atoms with Crippen LogP contribution in [0.3, 0.4) is 0 Å². The number of carbonyl (C=O) groups excluding carboxylic acids is 1. The van der Waals surface area contributed by atoms with Crippen LogP contribution >= 0.6 is 12.2 Å². The summed E-state index contributed by atoms with van der Waals surface area (Å²) in [7, 11) is 0. The highest BCUT2D eigenvalue weighted by Gasteiger charge is 2.39. The Kier molecular flexibility index (Phi) is 5.95. The number of amides is 1. The maximum absolute atomic E-state index is 12.5. The van der Waals surface area contributed by atoms with Crippen LogP contribution in [0.4, 0.5) is 0 Å². The van der Waals surface area contributed by atoms with E-state index in [2.05, 4.69) is 15.3 Å². The van der Waals surface area contributed by atoms with Gasteiger partial charge in [-0.2, -0.15) is 0 Å². The molecule has 0 saturated heterocycles. The molecule has 0 aliphatic rings. The third-order valence-corrected chi connectivity index (χ3v) is 3.64. The van der Waals surface area contributed by atoms with E-state index in [0.29, 0.717) is 24.4 Å². The van der Waals surface area contributed by atoms with Gasteiger partial charge in [-0.3, -0.25) is 4.79 Å². The highest BCUT2D eigenvalue weighted by atomic mass is 32.1. The molecule has 0 saturated carbocycles. The third kappa shape index (κ3) is 3.76. The van der Waals surface area contributed by atoms with Crippen molar-refractivity contribution in [2.75, 3.05) is 0 Å². The molecule has 1 amide bonds. The van der Waals surface area contributed by atoms with E-state index < -0.39 is 5.41 Å². The number of imidazole rings is 1. The fourth-order valence-electron chi connectivity index (χ4n) is 2.29. The number of nitrogens with zero attached hydrogens (tertiary/aromatic N) is 1. The number of nitrogens with two attached hydrogens (primary N) is 1. The Morgan fingerprint density at radius 3 is 2.53 bits per heavy atom. The third-order valence-electron chi connectivity index (χ3n) is 3.25. The number of nitrogens with one attached hydrogen (secondary N) is 2. The molecule has 1 heterocycles. The first-order valence-corrected chi connectivity index (χ1v) is 7.03. The molecule has 0 bridgehead atoms. The Labute approximate surface area is 119 Å². The van der Waals surface area contributed by atoms with Crippen molar-refractivity contribution in [3.8, 4) is 0 Å². The maximum atomic E-state index is 12.5. The van der Waals surface area contributed by atoms with Crippen LogP contribution in [0.2, 0.25) is 0 Å². The minimum absolute atomic E-state index is 0.0849. The first-order valence-electron chi connectivity index (χ1n) is 6.62. The summed E-state index contributed by atoms with van der Waals surface area (Å²) in [5.74, 6) is -0.0849. The van der Waals surface area contributed by atoms with Gasteiger partial charge in [0, 0.05) is 6.20 Å². The molecule has 106 valence electrons. The van der Waals surface area contributed by atoms with Gasteiger partial charge in [-0.25, -0.2) is 4.98 Å². The Morgan fingerprint density at radius 1 is 1.47 bits per heavy atom. The van der Waals surface area contributed by atoms with Crippen molar-refractivity contribution in [2.45, 2.75) is 46.1 Å². The number of hydrogen-bond donors (Lipinski definition) is 3. The van der Waals surface area contributed by atoms with E-state index >= 15 is 0 Å². The fourth-order valence-corrected chi connectivity index (χ4v) is 2.59. The fraction of sp³-hybridized carbons (Fsp3) is 0.615. The zero-order valence-electron chi connectivity index (χ0n) is 11.5. The van der Waals surface area contributed by atoms with Crippen LogP contribution < -0.4 is 11.1 Å². The number of aromatic nitrogens is 2. The molecule has 6 heteroatoms. The standard InChI is InChI=1S/C13H22N4OS/c1-3-5-13(6-4-2,11(14)19)12(18)16-8-10-7-15-9-17-10/h7,9H,3-6,8H2,1-2H3,(H2,14,19)(H,15,17)(H,16,18). The molecule has 1 aromatic rings. The summed E-state index contributed by atoms with van der Waals surface area (Å²) in [5, 5.41) is 2.90. The molecule has 19 heavy (non-hydrogen) atoms. The number of H-pyrrole nitrogens is 1. The minimum Gasteiger partial charge on any atom is -0.392 e. The number of hydrogen-bond acceptors (Lipinski definition) is 3. The summed E-state index contributed by atoms with van der Waals surface area (Å²) in [4.78, 5) is 19.6. The highest BCUT2D eigenvalue weighted by molar-refractivity contribution is 7.80. The molecule has 0 spiro atoms. The van der Waals surface area contributed by atoms with Crippen LogP contribution in [0, 0.1) is 5.41 Å². The van der Waals surface area contributed by atoms with Crippen LogP contribution in [0.15, 0.2) is 12.5 Å². The molecular formula is C13H22N4OS. The van der Waals surface area contributed by atoms with Gasteiger partial charge in [0.05, 0.1) is 29.0 Å². The summed E-state index contributed by atoms with van der Waals surface area (Å²) >= 11 is 5.15. The van der Waals surface area contributed by atoms with E-state index in [1.54, 1.807) is 12.5 Å². The van der Waals surface area contributed by atoms with Gasteiger partial charge in [0.2, 0.25) is 5.91 Å². The van der Waals surface area contributed by atoms with E-state index in [-0.39, 0.29) is 5.91 Å². The van der Waals surface area contributed by atoms with Crippen LogP contribution in [0.25, 0.3) is 0 Å². The Morgan fingerprint density at radius 2 is 2.11 bits per heavy atom. The summed E-state index contributed by atoms with van der Waals surface area (Å²) in [5.41, 5.74) is 5.98. The average Bonchev–Trinajstić information content (AvgIpc) is 2.88. The SMILES string of the molecule is CCCC(CCC)(C(=O)NCc1cnc[nH]1)C(N)=S. The molecule has 0 fully saturated rings. The quantitative estimate of drug-likeness (QED) is 0.636. The molecule has 4 N–H and O–H groups in total. The smallest absolute Gasteiger partial charge is 0.233 e. The average molecular weight is 282 g/mol. The molecule has 0 aliphatic heterocycles. The second kappa shape index (κ2) is 7.23. The second-order valence-electron chi connectivity index (χ2n) is 4.71. The van der Waals surface area contributed by atoms with Gasteiger partial charge in [0.15, 0.2) is 0 Å². The van der Waals surface area contributed by atoms with Crippen molar-refractivity contribution in [1.29, 1.82) is 0 Å². The Hall–Kier alpha value is -1.43. The van der Waals surface area contributed by atoms with Crippen LogP contribution in [0.5, 0.6) is 0 Å². The van der Waals surface area contributed by atoms with Gasteiger partial charge in [-0.05, 0) is 12.8 Å². The second-order valence-corrected chi connectivity index (χ2v) is 5.15. The molecule has 0 aliphatic carbocycles. The van der Waals surface area contributed by atoms with E-state index in [1.165, 1.54) is 0 Å². The predicted molar refractivity (Wildman–Crippen MR) is 79.5 cm³/mol. The van der Waals surface area contributed by atoms with E-state index in [1.807, 2.05) is 13.8 Å². The van der Waals surface area contributed by atoms with Crippen molar-refractivity contribution in [1.82, 2.24) is 15.3 Å². The number of aromatic amines is 1. The van der Waals surface area contributed by atoms with Gasteiger partial charge in [-0.1, -0.05) is 38.9 Å². The van der Waals surface area contributed by atoms with Gasteiger partial charge in [0.1, 0.15) is 0 Å². The topological polar surface area (TPSA) is 83.8 Å². The number of rotatable bonds is 8. The van der Waals surface area contributed by atoms with Crippen molar-refractivity contribution >= 4 is 23.1 Å². The highest BCUT2D eigenvalue weighted by Crippen LogP contribution is 2.31. The predicted octanol–water partition coefficient (Wildman–Crippen LogP) is 1.90. The molecule has 0 unspecified atom stereocenters. The summed E-state index contributed by atoms with van der Waals surface area (Å²) < 4.78 is 0. The van der Waals surface area contributed by atoms with Gasteiger partial charge in [-0.15, -0.1) is 0 Å². The monoisotopic (exact) mass is 282 g/mol. The van der Waals surface area contributed by atoms with Gasteiger partial charge >= 0.3 is 0 Å². The van der Waals surface area contributed by atoms with Crippen LogP contribution in [0.1, 0.15) is 45.2 Å². The van der Waals surface area contributed by atoms with Gasteiger partial charge < -0.3 is 16.0 Å². The number of thiocarbonyl (C=S) groups is 1. The molecule has 1 aromatic heterocycles. The van der Waals surface area contributed by atoms with Crippen molar-refractivity contribution in [2.24, 2.45) is 11.1 Å². The molecular weight excluding hydrogens is 260 g/mol. The van der Waals surface area contributed by atoms with E-state index in [4.69, 9.17) is 18.0 Å². The lowest BCUT2D eigenvalue weighted by atomic mass is 9.78. The largest absolute Gasteiger partial charge is 0.392 e. The zero-order valence-corrected chi connectivity index (χ0v) is 12.3. The lowest BCUT2D eigenvalue weighted by Crippen LogP contribution is -2.48. The first kappa shape index (κ1) is 15.6. The summed E-state index contributed by atoms with van der Waals surface area (Å²) in [6.07, 6.45) is 6.38. The minimum atomic E-state index is -0.723. The van der Waals surface area contributed by atoms with Crippen molar-refractivity contribution in [3.05, 3.63) is 18.2 Å². The van der Waals surface area contributed by atoms with E-state index in [0.717, 1.165) is 18.5 Å². The Balaban J connectivity index is 2.77. The summed E-state index contributed by atoms with van der Waals surface area (Å²) in [6.45, 7) is 4.48. The van der Waals surface area contributed by atoms with Crippen molar-refractivity contribution < 1.29 is 4.79 Å². The lowest BCUT2D eigenvalue weighted by molar-refractivity contribution is -0.128. The number of carbonyl (C=O) groups is 1. The molecule has 0 aromatic carbocycles. The lowest BCUT2D eigenvalue weighted by Gasteiger charge is -2.30. The maximum Gasteiger partial charge on any atom is 0.233 e. The normalized spacial score (nSPS) is 11.3. The molecule has 1 rings (SSSR count). The zero-order chi connectivity index (χ0) is 14.3. The molecule has 0 atom stereocenters. The van der Waals surface area contributed by atoms with Gasteiger partial charge in [0.25, 0.3) is 0 Å². The van der Waals surface area contributed by atoms with E-state index in [9.17, 15) is 4.79 Å². The van der Waals surface area contributed by atoms with Crippen molar-refractivity contribution in [3.63, 3.8) is 0 Å². The Bertz CT molecular complexity index is 410.